The summed E-state index contributed by atoms with van der Waals surface area (Å²) in [4.78, 5) is 23.4. The topological polar surface area (TPSA) is 120 Å². The molecule has 0 unspecified atom stereocenters. The Hall–Kier alpha value is -2.22. The van der Waals surface area contributed by atoms with Crippen LogP contribution in [0.4, 0.5) is 5.69 Å². The van der Waals surface area contributed by atoms with Crippen LogP contribution in [0, 0.1) is 0 Å². The second kappa shape index (κ2) is 5.83. The number of anilines is 1. The van der Waals surface area contributed by atoms with E-state index in [0.29, 0.717) is 27.8 Å². The van der Waals surface area contributed by atoms with Crippen molar-refractivity contribution in [1.82, 2.24) is 14.8 Å². The van der Waals surface area contributed by atoms with Crippen LogP contribution in [-0.2, 0) is 6.54 Å². The minimum absolute atomic E-state index is 0.248. The van der Waals surface area contributed by atoms with Gasteiger partial charge in [-0.3, -0.25) is 9.36 Å². The van der Waals surface area contributed by atoms with Gasteiger partial charge in [-0.05, 0) is 36.4 Å². The van der Waals surface area contributed by atoms with Gasteiger partial charge in [0.25, 0.3) is 0 Å². The Morgan fingerprint density at radius 3 is 2.85 bits per heavy atom. The number of aromatic amines is 1. The number of amides is 1. The number of nitrogens with zero attached hydrogens (tertiary/aromatic N) is 2. The number of carbonyl (C=O) groups excluding carboxylic acids is 1. The second-order valence-corrected chi connectivity index (χ2v) is 5.19. The van der Waals surface area contributed by atoms with Crippen LogP contribution in [0.5, 0.6) is 0 Å². The van der Waals surface area contributed by atoms with Crippen LogP contribution in [0.15, 0.2) is 33.0 Å². The molecule has 0 saturated carbocycles. The summed E-state index contributed by atoms with van der Waals surface area (Å²) >= 11 is 1.27. The van der Waals surface area contributed by atoms with Crippen LogP contribution >= 0.6 is 11.8 Å². The summed E-state index contributed by atoms with van der Waals surface area (Å²) < 4.78 is 1.55. The quantitative estimate of drug-likeness (QED) is 0.705. The summed E-state index contributed by atoms with van der Waals surface area (Å²) in [6.45, 7) is 2.56. The van der Waals surface area contributed by atoms with E-state index in [0.717, 1.165) is 6.42 Å². The molecule has 5 N–H and O–H groups in total. The third kappa shape index (κ3) is 2.85. The maximum atomic E-state index is 11.6. The van der Waals surface area contributed by atoms with E-state index >= 15 is 0 Å². The Kier molecular flexibility index (Phi) is 4.14. The van der Waals surface area contributed by atoms with Crippen molar-refractivity contribution in [3.05, 3.63) is 34.2 Å². The van der Waals surface area contributed by atoms with Gasteiger partial charge in [0.15, 0.2) is 5.16 Å². The van der Waals surface area contributed by atoms with Gasteiger partial charge >= 0.3 is 5.69 Å². The molecule has 1 amide bonds. The van der Waals surface area contributed by atoms with Crippen molar-refractivity contribution in [2.75, 3.05) is 5.73 Å². The Morgan fingerprint density at radius 2 is 2.25 bits per heavy atom. The smallest absolute Gasteiger partial charge is 0.343 e. The third-order valence-electron chi connectivity index (χ3n) is 2.67. The van der Waals surface area contributed by atoms with Crippen molar-refractivity contribution in [2.24, 2.45) is 5.73 Å². The lowest BCUT2D eigenvalue weighted by Crippen LogP contribution is -2.17. The lowest BCUT2D eigenvalue weighted by atomic mass is 10.2. The molecule has 0 fully saturated rings. The van der Waals surface area contributed by atoms with Crippen LogP contribution in [0.25, 0.3) is 0 Å². The molecule has 0 aliphatic carbocycles. The number of primary amides is 1. The van der Waals surface area contributed by atoms with E-state index in [4.69, 9.17) is 11.5 Å². The lowest BCUT2D eigenvalue weighted by Gasteiger charge is -2.07. The lowest BCUT2D eigenvalue weighted by molar-refractivity contribution is 0.100. The van der Waals surface area contributed by atoms with E-state index in [-0.39, 0.29) is 5.69 Å². The molecule has 8 heteroatoms. The van der Waals surface area contributed by atoms with E-state index < -0.39 is 5.91 Å². The van der Waals surface area contributed by atoms with Gasteiger partial charge in [0.1, 0.15) is 0 Å². The fourth-order valence-corrected chi connectivity index (χ4v) is 2.58. The van der Waals surface area contributed by atoms with E-state index in [1.165, 1.54) is 17.8 Å². The van der Waals surface area contributed by atoms with Gasteiger partial charge in [-0.15, -0.1) is 5.10 Å². The standard InChI is InChI=1S/C12H15N5O2S/c1-2-5-17-11(19)15-16-12(17)20-9-4-3-7(10(14)18)6-8(9)13/h3-4,6H,2,5,13H2,1H3,(H2,14,18)(H,15,19). The van der Waals surface area contributed by atoms with Gasteiger partial charge in [-0.2, -0.15) is 0 Å². The zero-order valence-corrected chi connectivity index (χ0v) is 11.7. The summed E-state index contributed by atoms with van der Waals surface area (Å²) in [7, 11) is 0. The van der Waals surface area contributed by atoms with E-state index in [2.05, 4.69) is 10.2 Å². The fraction of sp³-hybridized carbons (Fsp3) is 0.250. The van der Waals surface area contributed by atoms with Gasteiger partial charge in [-0.1, -0.05) is 6.92 Å². The SMILES string of the molecule is CCCn1c(Sc2ccc(C(N)=O)cc2N)n[nH]c1=O. The van der Waals surface area contributed by atoms with Gasteiger partial charge in [-0.25, -0.2) is 9.89 Å². The molecule has 0 spiro atoms. The Balaban J connectivity index is 2.31. The molecule has 0 atom stereocenters. The summed E-state index contributed by atoms with van der Waals surface area (Å²) in [5.41, 5.74) is 11.6. The number of benzene rings is 1. The number of nitrogen functional groups attached to an aromatic ring is 1. The molecule has 0 aliphatic heterocycles. The summed E-state index contributed by atoms with van der Waals surface area (Å²) in [5.74, 6) is -0.532. The molecule has 1 aromatic carbocycles. The van der Waals surface area contributed by atoms with Gasteiger partial charge < -0.3 is 11.5 Å². The average Bonchev–Trinajstić information content (AvgIpc) is 2.74. The highest BCUT2D eigenvalue weighted by Gasteiger charge is 2.12. The molecule has 2 aromatic rings. The van der Waals surface area contributed by atoms with Crippen molar-refractivity contribution in [3.63, 3.8) is 0 Å². The zero-order chi connectivity index (χ0) is 14.7. The molecule has 106 valence electrons. The Labute approximate surface area is 119 Å². The van der Waals surface area contributed by atoms with Gasteiger partial charge in [0.05, 0.1) is 0 Å². The number of nitrogens with one attached hydrogen (secondary N) is 1. The van der Waals surface area contributed by atoms with Gasteiger partial charge in [0.2, 0.25) is 5.91 Å². The molecule has 1 heterocycles. The largest absolute Gasteiger partial charge is 0.398 e. The molecule has 0 saturated heterocycles. The first-order chi connectivity index (χ1) is 9.52. The molecule has 0 aliphatic rings. The molecular weight excluding hydrogens is 278 g/mol. The second-order valence-electron chi connectivity index (χ2n) is 4.18. The zero-order valence-electron chi connectivity index (χ0n) is 10.9. The predicted octanol–water partition coefficient (Wildman–Crippen LogP) is 0.814. The Morgan fingerprint density at radius 1 is 1.50 bits per heavy atom. The highest BCUT2D eigenvalue weighted by atomic mass is 32.2. The van der Waals surface area contributed by atoms with Crippen molar-refractivity contribution in [1.29, 1.82) is 0 Å². The molecule has 2 rings (SSSR count). The highest BCUT2D eigenvalue weighted by Crippen LogP contribution is 2.30. The Bertz CT molecular complexity index is 691. The first-order valence-corrected chi connectivity index (χ1v) is 6.87. The fourth-order valence-electron chi connectivity index (χ4n) is 1.69. The van der Waals surface area contributed by atoms with Crippen molar-refractivity contribution >= 4 is 23.4 Å². The van der Waals surface area contributed by atoms with E-state index in [1.807, 2.05) is 6.92 Å². The van der Waals surface area contributed by atoms with Crippen molar-refractivity contribution in [3.8, 4) is 0 Å². The van der Waals surface area contributed by atoms with Crippen LogP contribution in [0.3, 0.4) is 0 Å². The normalized spacial score (nSPS) is 10.7. The monoisotopic (exact) mass is 293 g/mol. The number of aromatic nitrogens is 3. The van der Waals surface area contributed by atoms with Crippen molar-refractivity contribution < 1.29 is 4.79 Å². The van der Waals surface area contributed by atoms with Crippen LogP contribution < -0.4 is 17.2 Å². The molecule has 0 radical (unpaired) electrons. The molecule has 1 aromatic heterocycles. The average molecular weight is 293 g/mol. The van der Waals surface area contributed by atoms with Crippen LogP contribution in [0.1, 0.15) is 23.7 Å². The third-order valence-corrected chi connectivity index (χ3v) is 3.75. The number of carbonyl (C=O) groups is 1. The summed E-state index contributed by atoms with van der Waals surface area (Å²) in [6, 6.07) is 4.80. The highest BCUT2D eigenvalue weighted by molar-refractivity contribution is 7.99. The molecule has 0 bridgehead atoms. The minimum Gasteiger partial charge on any atom is -0.398 e. The van der Waals surface area contributed by atoms with Crippen molar-refractivity contribution in [2.45, 2.75) is 29.9 Å². The number of H-pyrrole nitrogens is 1. The number of hydrogen-bond acceptors (Lipinski definition) is 5. The first-order valence-electron chi connectivity index (χ1n) is 6.05. The van der Waals surface area contributed by atoms with E-state index in [1.54, 1.807) is 16.7 Å². The molecule has 7 nitrogen and oxygen atoms in total. The van der Waals surface area contributed by atoms with Gasteiger partial charge in [0, 0.05) is 22.7 Å². The van der Waals surface area contributed by atoms with E-state index in [9.17, 15) is 9.59 Å². The van der Waals surface area contributed by atoms with Crippen LogP contribution in [-0.4, -0.2) is 20.7 Å². The predicted molar refractivity (Wildman–Crippen MR) is 76.6 cm³/mol. The number of hydrogen-bond donors (Lipinski definition) is 3. The first kappa shape index (κ1) is 14.2. The summed E-state index contributed by atoms with van der Waals surface area (Å²) in [6.07, 6.45) is 0.823. The minimum atomic E-state index is -0.532. The molecule has 20 heavy (non-hydrogen) atoms. The number of rotatable bonds is 5. The molecular formula is C12H15N5O2S. The van der Waals surface area contributed by atoms with Crippen LogP contribution in [0.2, 0.25) is 0 Å². The maximum absolute atomic E-state index is 11.6. The maximum Gasteiger partial charge on any atom is 0.343 e. The number of nitrogens with two attached hydrogens (primary N) is 2. The summed E-state index contributed by atoms with van der Waals surface area (Å²) in [5, 5.41) is 6.92.